The SMILES string of the molecule is CCCCCCCCCCCCCCCC/C=C/CC/C=C/CCCC(=O)OC[C@@H](COP(=O)(O)OC1C(O)C(O)C(O)[C@H](O)C1O)OC(=O)CCCCCCCCCCCCCCCCCCCCC. The molecule has 13 nitrogen and oxygen atoms in total. The van der Waals surface area contributed by atoms with E-state index in [1.165, 1.54) is 180 Å². The van der Waals surface area contributed by atoms with Crippen molar-refractivity contribution in [3.8, 4) is 0 Å². The third-order valence-electron chi connectivity index (χ3n) is 13.8. The van der Waals surface area contributed by atoms with E-state index < -0.39 is 75.7 Å². The van der Waals surface area contributed by atoms with E-state index in [2.05, 4.69) is 32.1 Å². The summed E-state index contributed by atoms with van der Waals surface area (Å²) < 4.78 is 33.7. The standard InChI is InChI=1S/C57H107O13P/c1-3-5-7-9-11-13-15-17-19-21-23-24-25-26-28-29-31-33-35-37-39-41-43-45-50(58)67-47-49(48-68-71(65,66)70-57-55(63)53(61)52(60)54(62)56(57)64)69-51(59)46-44-42-40-38-36-34-32-30-27-22-20-18-16-14-12-10-8-6-4-2/h29,31,37,39,49,52-57,60-64H,3-28,30,32-36,38,40-48H2,1-2H3,(H,65,66)/b31-29+,39-37+/t49-,52?,53-,54?,55?,56?,57?/m0/s1. The number of phosphoric ester groups is 1. The highest BCUT2D eigenvalue weighted by molar-refractivity contribution is 7.47. The van der Waals surface area contributed by atoms with Crippen LogP contribution in [-0.4, -0.2) is 98.3 Å². The van der Waals surface area contributed by atoms with Gasteiger partial charge >= 0.3 is 19.8 Å². The predicted octanol–water partition coefficient (Wildman–Crippen LogP) is 13.5. The normalized spacial score (nSPS) is 20.7. The summed E-state index contributed by atoms with van der Waals surface area (Å²) in [7, 11) is -5.13. The molecule has 0 aliphatic heterocycles. The average molecular weight is 1030 g/mol. The van der Waals surface area contributed by atoms with E-state index in [4.69, 9.17) is 18.5 Å². The molecular weight excluding hydrogens is 924 g/mol. The smallest absolute Gasteiger partial charge is 0.462 e. The zero-order valence-corrected chi connectivity index (χ0v) is 45.9. The number of hydrogen-bond acceptors (Lipinski definition) is 12. The summed E-state index contributed by atoms with van der Waals surface area (Å²) in [6, 6.07) is 0. The Bertz CT molecular complexity index is 1330. The number of unbranched alkanes of at least 4 members (excludes halogenated alkanes) is 34. The van der Waals surface area contributed by atoms with Crippen LogP contribution in [0.5, 0.6) is 0 Å². The lowest BCUT2D eigenvalue weighted by molar-refractivity contribution is -0.220. The summed E-state index contributed by atoms with van der Waals surface area (Å²) in [6.07, 6.45) is 42.4. The molecule has 14 heteroatoms. The molecule has 0 radical (unpaired) electrons. The molecule has 1 fully saturated rings. The maximum atomic E-state index is 12.9. The molecule has 418 valence electrons. The number of allylic oxidation sites excluding steroid dienone is 4. The third kappa shape index (κ3) is 38.5. The molecule has 1 rings (SSSR count). The fourth-order valence-electron chi connectivity index (χ4n) is 9.13. The number of esters is 2. The van der Waals surface area contributed by atoms with Crippen molar-refractivity contribution in [2.45, 2.75) is 313 Å². The number of hydrogen-bond donors (Lipinski definition) is 6. The second kappa shape index (κ2) is 46.8. The summed E-state index contributed by atoms with van der Waals surface area (Å²) in [4.78, 5) is 35.9. The molecule has 1 aliphatic rings. The quantitative estimate of drug-likeness (QED) is 0.0145. The van der Waals surface area contributed by atoms with Gasteiger partial charge in [-0.1, -0.05) is 237 Å². The van der Waals surface area contributed by atoms with Crippen molar-refractivity contribution in [2.75, 3.05) is 13.2 Å². The molecule has 0 saturated heterocycles. The van der Waals surface area contributed by atoms with Crippen LogP contribution in [0.2, 0.25) is 0 Å². The van der Waals surface area contributed by atoms with Gasteiger partial charge in [-0.05, 0) is 44.9 Å². The highest BCUT2D eigenvalue weighted by Gasteiger charge is 2.51. The molecule has 0 spiro atoms. The van der Waals surface area contributed by atoms with Gasteiger partial charge in [0.25, 0.3) is 0 Å². The Morgan fingerprint density at radius 1 is 0.423 bits per heavy atom. The highest BCUT2D eigenvalue weighted by atomic mass is 31.2. The summed E-state index contributed by atoms with van der Waals surface area (Å²) in [5.74, 6) is -1.13. The van der Waals surface area contributed by atoms with Gasteiger partial charge in [0.2, 0.25) is 0 Å². The van der Waals surface area contributed by atoms with Gasteiger partial charge in [-0.25, -0.2) is 4.57 Å². The third-order valence-corrected chi connectivity index (χ3v) is 14.8. The van der Waals surface area contributed by atoms with E-state index in [0.29, 0.717) is 19.3 Å². The van der Waals surface area contributed by atoms with E-state index in [9.17, 15) is 44.6 Å². The van der Waals surface area contributed by atoms with Gasteiger partial charge in [-0.2, -0.15) is 0 Å². The van der Waals surface area contributed by atoms with Gasteiger partial charge < -0.3 is 39.9 Å². The first-order valence-electron chi connectivity index (χ1n) is 29.1. The summed E-state index contributed by atoms with van der Waals surface area (Å²) in [5.41, 5.74) is 0. The number of ether oxygens (including phenoxy) is 2. The first-order chi connectivity index (χ1) is 34.4. The van der Waals surface area contributed by atoms with Crippen LogP contribution in [0, 0.1) is 0 Å². The topological polar surface area (TPSA) is 210 Å². The molecule has 1 saturated carbocycles. The molecule has 0 bridgehead atoms. The Kier molecular flexibility index (Phi) is 44.4. The molecule has 0 aromatic carbocycles. The molecule has 6 unspecified atom stereocenters. The number of aliphatic hydroxyl groups is 5. The Labute approximate surface area is 432 Å². The minimum atomic E-state index is -5.13. The number of aliphatic hydroxyl groups excluding tert-OH is 5. The largest absolute Gasteiger partial charge is 0.472 e. The van der Waals surface area contributed by atoms with Crippen molar-refractivity contribution in [3.05, 3.63) is 24.3 Å². The number of carbonyl (C=O) groups is 2. The second-order valence-corrected chi connectivity index (χ2v) is 21.9. The molecule has 71 heavy (non-hydrogen) atoms. The lowest BCUT2D eigenvalue weighted by Crippen LogP contribution is -2.64. The molecule has 1 aliphatic carbocycles. The number of carbonyl (C=O) groups excluding carboxylic acids is 2. The monoisotopic (exact) mass is 1030 g/mol. The Balaban J connectivity index is 2.35. The molecule has 6 N–H and O–H groups in total. The van der Waals surface area contributed by atoms with Crippen molar-refractivity contribution in [1.29, 1.82) is 0 Å². The van der Waals surface area contributed by atoms with E-state index in [1.807, 2.05) is 6.08 Å². The molecule has 0 amide bonds. The van der Waals surface area contributed by atoms with Gasteiger partial charge in [0.1, 0.15) is 43.2 Å². The second-order valence-electron chi connectivity index (χ2n) is 20.5. The van der Waals surface area contributed by atoms with Crippen LogP contribution >= 0.6 is 7.82 Å². The van der Waals surface area contributed by atoms with Crippen LogP contribution < -0.4 is 0 Å². The summed E-state index contributed by atoms with van der Waals surface area (Å²) >= 11 is 0. The van der Waals surface area contributed by atoms with Gasteiger partial charge in [0, 0.05) is 12.8 Å². The first-order valence-corrected chi connectivity index (χ1v) is 30.6. The van der Waals surface area contributed by atoms with E-state index in [1.54, 1.807) is 0 Å². The summed E-state index contributed by atoms with van der Waals surface area (Å²) in [5, 5.41) is 50.4. The highest BCUT2D eigenvalue weighted by Crippen LogP contribution is 2.47. The van der Waals surface area contributed by atoms with Crippen LogP contribution in [0.25, 0.3) is 0 Å². The Morgan fingerprint density at radius 2 is 0.746 bits per heavy atom. The number of rotatable bonds is 50. The van der Waals surface area contributed by atoms with Crippen molar-refractivity contribution in [1.82, 2.24) is 0 Å². The van der Waals surface area contributed by atoms with Crippen molar-refractivity contribution in [3.63, 3.8) is 0 Å². The van der Waals surface area contributed by atoms with Crippen LogP contribution in [0.4, 0.5) is 0 Å². The zero-order valence-electron chi connectivity index (χ0n) is 45.0. The zero-order chi connectivity index (χ0) is 52.1. The lowest BCUT2D eigenvalue weighted by atomic mass is 9.85. The van der Waals surface area contributed by atoms with Gasteiger partial charge in [-0.15, -0.1) is 0 Å². The van der Waals surface area contributed by atoms with Gasteiger partial charge in [-0.3, -0.25) is 18.6 Å². The van der Waals surface area contributed by atoms with Crippen molar-refractivity contribution >= 4 is 19.8 Å². The van der Waals surface area contributed by atoms with Crippen molar-refractivity contribution in [2.24, 2.45) is 0 Å². The minimum absolute atomic E-state index is 0.0940. The minimum Gasteiger partial charge on any atom is -0.462 e. The van der Waals surface area contributed by atoms with Crippen molar-refractivity contribution < 1.29 is 63.1 Å². The van der Waals surface area contributed by atoms with E-state index >= 15 is 0 Å². The average Bonchev–Trinajstić information content (AvgIpc) is 3.35. The summed E-state index contributed by atoms with van der Waals surface area (Å²) in [6.45, 7) is 3.33. The fourth-order valence-corrected chi connectivity index (χ4v) is 10.1. The molecule has 0 heterocycles. The first kappa shape index (κ1) is 67.3. The fraction of sp³-hybridized carbons (Fsp3) is 0.895. The predicted molar refractivity (Wildman–Crippen MR) is 286 cm³/mol. The van der Waals surface area contributed by atoms with E-state index in [0.717, 1.165) is 44.9 Å². The van der Waals surface area contributed by atoms with Crippen LogP contribution in [0.15, 0.2) is 24.3 Å². The van der Waals surface area contributed by atoms with Crippen LogP contribution in [-0.2, 0) is 32.7 Å². The molecular formula is C57H107O13P. The molecule has 8 atom stereocenters. The van der Waals surface area contributed by atoms with Gasteiger partial charge in [0.05, 0.1) is 6.61 Å². The van der Waals surface area contributed by atoms with Crippen LogP contribution in [0.3, 0.4) is 0 Å². The Hall–Kier alpha value is -1.67. The van der Waals surface area contributed by atoms with E-state index in [-0.39, 0.29) is 12.8 Å². The molecule has 0 aromatic heterocycles. The Morgan fingerprint density at radius 3 is 1.15 bits per heavy atom. The number of phosphoric acid groups is 1. The van der Waals surface area contributed by atoms with Crippen LogP contribution in [0.1, 0.15) is 271 Å². The molecule has 0 aromatic rings. The maximum Gasteiger partial charge on any atom is 0.472 e. The maximum absolute atomic E-state index is 12.9. The van der Waals surface area contributed by atoms with Gasteiger partial charge in [0.15, 0.2) is 6.10 Å². The lowest BCUT2D eigenvalue weighted by Gasteiger charge is -2.41.